The van der Waals surface area contributed by atoms with Crippen molar-refractivity contribution in [3.63, 3.8) is 0 Å². The fraction of sp³-hybridized carbons (Fsp3) is 0.647. The normalized spacial score (nSPS) is 18.6. The Morgan fingerprint density at radius 3 is 2.24 bits per heavy atom. The molecule has 1 aromatic rings. The third kappa shape index (κ3) is 16.0. The van der Waals surface area contributed by atoms with Gasteiger partial charge in [0.1, 0.15) is 35.6 Å². The third-order valence-electron chi connectivity index (χ3n) is 6.73. The lowest BCUT2D eigenvalue weighted by molar-refractivity contribution is -0.157. The molecule has 1 unspecified atom stereocenters. The number of urea groups is 1. The van der Waals surface area contributed by atoms with Gasteiger partial charge in [-0.2, -0.15) is 0 Å². The van der Waals surface area contributed by atoms with Crippen molar-refractivity contribution >= 4 is 24.0 Å². The van der Waals surface area contributed by atoms with E-state index < -0.39 is 41.4 Å². The molecule has 0 aliphatic carbocycles. The molecule has 12 heteroatoms. The molecule has 0 saturated heterocycles. The van der Waals surface area contributed by atoms with Crippen LogP contribution in [0.3, 0.4) is 0 Å². The molecule has 1 aromatic carbocycles. The second-order valence-electron chi connectivity index (χ2n) is 13.7. The average molecular weight is 647 g/mol. The van der Waals surface area contributed by atoms with E-state index in [0.29, 0.717) is 45.0 Å². The fourth-order valence-corrected chi connectivity index (χ4v) is 4.35. The summed E-state index contributed by atoms with van der Waals surface area (Å²) in [4.78, 5) is 51.9. The number of nitrogens with one attached hydrogen (secondary N) is 4. The summed E-state index contributed by atoms with van der Waals surface area (Å²) < 4.78 is 22.3. The number of fused-ring (bicyclic) bond motifs is 12. The van der Waals surface area contributed by atoms with E-state index in [2.05, 4.69) is 21.3 Å². The van der Waals surface area contributed by atoms with Crippen LogP contribution in [0.2, 0.25) is 0 Å². The Kier molecular flexibility index (Phi) is 15.3. The summed E-state index contributed by atoms with van der Waals surface area (Å²) in [7, 11) is 0. The molecule has 3 atom stereocenters. The molecule has 3 rings (SSSR count). The Bertz CT molecular complexity index is 1160. The largest absolute Gasteiger partial charge is 0.490 e. The molecule has 0 saturated carbocycles. The maximum Gasteiger partial charge on any atom is 0.407 e. The van der Waals surface area contributed by atoms with Gasteiger partial charge in [-0.1, -0.05) is 32.1 Å². The van der Waals surface area contributed by atoms with Crippen LogP contribution in [0, 0.1) is 5.92 Å². The summed E-state index contributed by atoms with van der Waals surface area (Å²) in [6, 6.07) is 4.44. The number of esters is 1. The lowest BCUT2D eigenvalue weighted by Gasteiger charge is -2.27. The van der Waals surface area contributed by atoms with Gasteiger partial charge in [0.2, 0.25) is 5.91 Å². The van der Waals surface area contributed by atoms with Crippen LogP contribution in [-0.4, -0.2) is 79.7 Å². The van der Waals surface area contributed by atoms with Crippen molar-refractivity contribution in [2.24, 2.45) is 5.92 Å². The van der Waals surface area contributed by atoms with E-state index >= 15 is 0 Å². The minimum Gasteiger partial charge on any atom is -0.490 e. The zero-order chi connectivity index (χ0) is 34.3. The fourth-order valence-electron chi connectivity index (χ4n) is 4.35. The number of ether oxygens (including phenoxy) is 4. The molecule has 0 aromatic heterocycles. The van der Waals surface area contributed by atoms with Crippen LogP contribution >= 0.6 is 0 Å². The minimum atomic E-state index is -0.976. The van der Waals surface area contributed by atoms with E-state index in [1.54, 1.807) is 41.5 Å². The number of unbranched alkanes of at least 4 members (excludes halogenated alkanes) is 1. The van der Waals surface area contributed by atoms with E-state index in [1.165, 1.54) is 0 Å². The molecule has 2 bridgehead atoms. The second kappa shape index (κ2) is 18.4. The van der Waals surface area contributed by atoms with Gasteiger partial charge in [-0.15, -0.1) is 0 Å². The van der Waals surface area contributed by atoms with E-state index in [-0.39, 0.29) is 30.7 Å². The molecular formula is C34H54N4O8. The maximum absolute atomic E-state index is 13.6. The number of carbonyl (C=O) groups is 4. The molecule has 0 fully saturated rings. The lowest BCUT2D eigenvalue weighted by atomic mass is 10.0. The van der Waals surface area contributed by atoms with Crippen LogP contribution in [0.4, 0.5) is 9.59 Å². The van der Waals surface area contributed by atoms with Crippen molar-refractivity contribution in [1.29, 1.82) is 0 Å². The average Bonchev–Trinajstić information content (AvgIpc) is 2.93. The van der Waals surface area contributed by atoms with E-state index in [4.69, 9.17) is 18.9 Å². The molecular weight excluding hydrogens is 592 g/mol. The number of carbonyl (C=O) groups excluding carboxylic acids is 4. The van der Waals surface area contributed by atoms with E-state index in [9.17, 15) is 19.2 Å². The number of rotatable bonds is 9. The Balaban J connectivity index is 2.15. The summed E-state index contributed by atoms with van der Waals surface area (Å²) in [5.74, 6) is -0.214. The highest BCUT2D eigenvalue weighted by Gasteiger charge is 2.30. The van der Waals surface area contributed by atoms with Crippen LogP contribution in [0.5, 0.6) is 5.75 Å². The smallest absolute Gasteiger partial charge is 0.407 e. The lowest BCUT2D eigenvalue weighted by Crippen LogP contribution is -2.56. The molecule has 12 nitrogen and oxygen atoms in total. The first-order valence-electron chi connectivity index (χ1n) is 16.0. The quantitative estimate of drug-likeness (QED) is 0.175. The van der Waals surface area contributed by atoms with Gasteiger partial charge in [-0.25, -0.2) is 14.4 Å². The molecule has 4 amide bonds. The SMILES string of the molecule is CC(C)[C@H]1COCC=CCOc2ccc(cc2)C[C@@H](NC(=O)NC(CCCCNC(=O)OC(C)(C)C)C(=O)OC(C)(C)C)C(=O)N1. The van der Waals surface area contributed by atoms with Gasteiger partial charge in [-0.05, 0) is 90.5 Å². The van der Waals surface area contributed by atoms with Crippen molar-refractivity contribution in [2.45, 2.75) is 110 Å². The number of amides is 4. The predicted molar refractivity (Wildman–Crippen MR) is 176 cm³/mol. The summed E-state index contributed by atoms with van der Waals surface area (Å²) in [5, 5.41) is 11.2. The molecule has 4 N–H and O–H groups in total. The van der Waals surface area contributed by atoms with Gasteiger partial charge in [0.05, 0.1) is 19.3 Å². The number of alkyl carbamates (subject to hydrolysis) is 1. The maximum atomic E-state index is 13.6. The monoisotopic (exact) mass is 646 g/mol. The van der Waals surface area contributed by atoms with E-state index in [1.807, 2.05) is 50.3 Å². The van der Waals surface area contributed by atoms with Gasteiger partial charge in [-0.3, -0.25) is 4.79 Å². The van der Waals surface area contributed by atoms with Gasteiger partial charge >= 0.3 is 18.1 Å². The number of hydrogen-bond donors (Lipinski definition) is 4. The summed E-state index contributed by atoms with van der Waals surface area (Å²) in [6.45, 7) is 16.0. The Morgan fingerprint density at radius 1 is 0.957 bits per heavy atom. The highest BCUT2D eigenvalue weighted by molar-refractivity contribution is 5.89. The minimum absolute atomic E-state index is 0.0743. The van der Waals surface area contributed by atoms with Crippen LogP contribution in [0.25, 0.3) is 0 Å². The van der Waals surface area contributed by atoms with Crippen LogP contribution in [-0.2, 0) is 30.2 Å². The molecule has 258 valence electrons. The third-order valence-corrected chi connectivity index (χ3v) is 6.73. The van der Waals surface area contributed by atoms with Crippen molar-refractivity contribution in [3.05, 3.63) is 42.0 Å². The Morgan fingerprint density at radius 2 is 1.61 bits per heavy atom. The topological polar surface area (TPSA) is 153 Å². The zero-order valence-corrected chi connectivity index (χ0v) is 28.7. The second-order valence-corrected chi connectivity index (χ2v) is 13.7. The molecule has 46 heavy (non-hydrogen) atoms. The van der Waals surface area contributed by atoms with Gasteiger partial charge in [0.25, 0.3) is 0 Å². The predicted octanol–water partition coefficient (Wildman–Crippen LogP) is 4.41. The highest BCUT2D eigenvalue weighted by Crippen LogP contribution is 2.16. The van der Waals surface area contributed by atoms with Crippen molar-refractivity contribution < 1.29 is 38.1 Å². The van der Waals surface area contributed by atoms with Crippen LogP contribution < -0.4 is 26.0 Å². The Hall–Kier alpha value is -3.80. The highest BCUT2D eigenvalue weighted by atomic mass is 16.6. The number of benzene rings is 1. The summed E-state index contributed by atoms with van der Waals surface area (Å²) in [6.07, 6.45) is 4.74. The van der Waals surface area contributed by atoms with E-state index in [0.717, 1.165) is 5.56 Å². The first kappa shape index (κ1) is 38.4. The zero-order valence-electron chi connectivity index (χ0n) is 28.7. The van der Waals surface area contributed by atoms with Gasteiger partial charge in [0.15, 0.2) is 0 Å². The molecule has 2 aliphatic heterocycles. The first-order valence-corrected chi connectivity index (χ1v) is 16.0. The van der Waals surface area contributed by atoms with Gasteiger partial charge in [0, 0.05) is 13.0 Å². The van der Waals surface area contributed by atoms with Crippen molar-refractivity contribution in [3.8, 4) is 5.75 Å². The molecule has 0 spiro atoms. The van der Waals surface area contributed by atoms with Gasteiger partial charge < -0.3 is 40.2 Å². The van der Waals surface area contributed by atoms with Crippen molar-refractivity contribution in [2.75, 3.05) is 26.4 Å². The molecule has 2 aliphatic rings. The first-order chi connectivity index (χ1) is 21.5. The Labute approximate surface area is 273 Å². The summed E-state index contributed by atoms with van der Waals surface area (Å²) >= 11 is 0. The van der Waals surface area contributed by atoms with Crippen LogP contribution in [0.15, 0.2) is 36.4 Å². The van der Waals surface area contributed by atoms with Crippen LogP contribution in [0.1, 0.15) is 80.2 Å². The standard InChI is InChI=1S/C34H54N4O8/c1-23(2)28-22-43-19-11-12-20-44-25-16-14-24(15-17-25)21-27(29(39)36-28)38-31(41)37-26(30(40)45-33(3,4)5)13-9-10-18-35-32(42)46-34(6,7)8/h11-12,14-17,23,26-28H,9-10,13,18-22H2,1-8H3,(H,35,42)(H,36,39)(H2,37,38,41)/t26?,27-,28-/m1/s1. The molecule has 0 radical (unpaired) electrons. The number of hydrogen-bond acceptors (Lipinski definition) is 8. The van der Waals surface area contributed by atoms with Crippen molar-refractivity contribution in [1.82, 2.24) is 21.3 Å². The summed E-state index contributed by atoms with van der Waals surface area (Å²) in [5.41, 5.74) is -0.563. The molecule has 2 heterocycles.